The Morgan fingerprint density at radius 2 is 1.95 bits per heavy atom. The zero-order valence-corrected chi connectivity index (χ0v) is 12.7. The molecule has 114 valence electrons. The fourth-order valence-electron chi connectivity index (χ4n) is 2.84. The van der Waals surface area contributed by atoms with Gasteiger partial charge in [-0.3, -0.25) is 9.59 Å². The standard InChI is InChI=1S/C16H21ClN2O2/c17-13-8-4-3-7-12(13)10-14(16(18)21)19-15(20)9-11-5-1-2-6-11/h3-4,7-8,11,14H,1-2,5-6,9-10H2,(H2,18,21)(H,19,20)/t14-/m1/s1. The van der Waals surface area contributed by atoms with Crippen molar-refractivity contribution in [1.29, 1.82) is 0 Å². The van der Waals surface area contributed by atoms with Crippen LogP contribution in [0.25, 0.3) is 0 Å². The van der Waals surface area contributed by atoms with Gasteiger partial charge in [-0.2, -0.15) is 0 Å². The molecule has 0 saturated heterocycles. The molecule has 21 heavy (non-hydrogen) atoms. The van der Waals surface area contributed by atoms with Crippen molar-refractivity contribution in [3.8, 4) is 0 Å². The Bertz CT molecular complexity index is 513. The van der Waals surface area contributed by atoms with Crippen molar-refractivity contribution >= 4 is 23.4 Å². The van der Waals surface area contributed by atoms with Gasteiger partial charge in [-0.05, 0) is 30.4 Å². The zero-order chi connectivity index (χ0) is 15.2. The van der Waals surface area contributed by atoms with E-state index in [-0.39, 0.29) is 5.91 Å². The Hall–Kier alpha value is -1.55. The number of halogens is 1. The molecule has 0 bridgehead atoms. The molecule has 1 atom stereocenters. The van der Waals surface area contributed by atoms with E-state index in [1.165, 1.54) is 12.8 Å². The summed E-state index contributed by atoms with van der Waals surface area (Å²) in [5, 5.41) is 3.32. The molecule has 0 aromatic heterocycles. The van der Waals surface area contributed by atoms with E-state index in [1.54, 1.807) is 6.07 Å². The molecule has 0 aliphatic heterocycles. The summed E-state index contributed by atoms with van der Waals surface area (Å²) < 4.78 is 0. The molecule has 0 radical (unpaired) electrons. The van der Waals surface area contributed by atoms with Crippen molar-refractivity contribution in [1.82, 2.24) is 5.32 Å². The first-order chi connectivity index (χ1) is 10.1. The smallest absolute Gasteiger partial charge is 0.240 e. The number of rotatable bonds is 6. The lowest BCUT2D eigenvalue weighted by atomic mass is 10.0. The summed E-state index contributed by atoms with van der Waals surface area (Å²) in [6.45, 7) is 0. The van der Waals surface area contributed by atoms with Gasteiger partial charge in [-0.25, -0.2) is 0 Å². The van der Waals surface area contributed by atoms with Gasteiger partial charge in [0, 0.05) is 17.9 Å². The van der Waals surface area contributed by atoms with Gasteiger partial charge in [0.15, 0.2) is 0 Å². The maximum absolute atomic E-state index is 12.0. The predicted molar refractivity (Wildman–Crippen MR) is 82.9 cm³/mol. The monoisotopic (exact) mass is 308 g/mol. The highest BCUT2D eigenvalue weighted by molar-refractivity contribution is 6.31. The highest BCUT2D eigenvalue weighted by Gasteiger charge is 2.23. The zero-order valence-electron chi connectivity index (χ0n) is 12.0. The third-order valence-electron chi connectivity index (χ3n) is 4.01. The first-order valence-corrected chi connectivity index (χ1v) is 7.76. The van der Waals surface area contributed by atoms with Crippen LogP contribution in [0, 0.1) is 5.92 Å². The van der Waals surface area contributed by atoms with Crippen LogP contribution in [0.3, 0.4) is 0 Å². The number of primary amides is 1. The molecule has 1 aromatic carbocycles. The van der Waals surface area contributed by atoms with E-state index in [0.717, 1.165) is 18.4 Å². The minimum atomic E-state index is -0.709. The third kappa shape index (κ3) is 4.74. The van der Waals surface area contributed by atoms with Crippen LogP contribution in [0.2, 0.25) is 5.02 Å². The van der Waals surface area contributed by atoms with Gasteiger partial charge in [-0.15, -0.1) is 0 Å². The maximum atomic E-state index is 12.0. The minimum Gasteiger partial charge on any atom is -0.368 e. The molecule has 2 amide bonds. The van der Waals surface area contributed by atoms with E-state index < -0.39 is 11.9 Å². The number of carbonyl (C=O) groups excluding carboxylic acids is 2. The molecule has 2 rings (SSSR count). The van der Waals surface area contributed by atoms with Crippen molar-refractivity contribution < 1.29 is 9.59 Å². The molecular weight excluding hydrogens is 288 g/mol. The fraction of sp³-hybridized carbons (Fsp3) is 0.500. The van der Waals surface area contributed by atoms with Gasteiger partial charge in [0.1, 0.15) is 6.04 Å². The second-order valence-corrected chi connectivity index (χ2v) is 6.08. The number of carbonyl (C=O) groups is 2. The van der Waals surface area contributed by atoms with E-state index in [0.29, 0.717) is 23.8 Å². The molecule has 1 saturated carbocycles. The van der Waals surface area contributed by atoms with Gasteiger partial charge in [-0.1, -0.05) is 42.6 Å². The first kappa shape index (κ1) is 15.8. The molecule has 0 heterocycles. The summed E-state index contributed by atoms with van der Waals surface area (Å²) in [5.74, 6) is -0.189. The lowest BCUT2D eigenvalue weighted by molar-refractivity contribution is -0.127. The third-order valence-corrected chi connectivity index (χ3v) is 4.38. The van der Waals surface area contributed by atoms with Crippen LogP contribution in [-0.2, 0) is 16.0 Å². The van der Waals surface area contributed by atoms with Crippen molar-refractivity contribution in [2.75, 3.05) is 0 Å². The summed E-state index contributed by atoms with van der Waals surface area (Å²) in [7, 11) is 0. The molecule has 0 spiro atoms. The van der Waals surface area contributed by atoms with Crippen molar-refractivity contribution in [3.63, 3.8) is 0 Å². The lowest BCUT2D eigenvalue weighted by Crippen LogP contribution is -2.46. The van der Waals surface area contributed by atoms with E-state index in [1.807, 2.05) is 18.2 Å². The lowest BCUT2D eigenvalue weighted by Gasteiger charge is -2.17. The molecule has 1 aliphatic carbocycles. The average Bonchev–Trinajstić information content (AvgIpc) is 2.93. The molecular formula is C16H21ClN2O2. The van der Waals surface area contributed by atoms with Crippen LogP contribution in [0.4, 0.5) is 0 Å². The minimum absolute atomic E-state index is 0.0993. The average molecular weight is 309 g/mol. The molecule has 0 unspecified atom stereocenters. The van der Waals surface area contributed by atoms with Crippen LogP contribution in [0.5, 0.6) is 0 Å². The van der Waals surface area contributed by atoms with Gasteiger partial charge < -0.3 is 11.1 Å². The highest BCUT2D eigenvalue weighted by Crippen LogP contribution is 2.27. The number of hydrogen-bond donors (Lipinski definition) is 2. The van der Waals surface area contributed by atoms with E-state index in [4.69, 9.17) is 17.3 Å². The molecule has 3 N–H and O–H groups in total. The van der Waals surface area contributed by atoms with Crippen LogP contribution in [-0.4, -0.2) is 17.9 Å². The Labute approximate surface area is 130 Å². The van der Waals surface area contributed by atoms with Gasteiger partial charge >= 0.3 is 0 Å². The van der Waals surface area contributed by atoms with Crippen molar-refractivity contribution in [2.45, 2.75) is 44.6 Å². The van der Waals surface area contributed by atoms with Crippen LogP contribution in [0.15, 0.2) is 24.3 Å². The molecule has 1 aliphatic rings. The quantitative estimate of drug-likeness (QED) is 0.847. The largest absolute Gasteiger partial charge is 0.368 e. The number of nitrogens with one attached hydrogen (secondary N) is 1. The first-order valence-electron chi connectivity index (χ1n) is 7.38. The second-order valence-electron chi connectivity index (χ2n) is 5.67. The van der Waals surface area contributed by atoms with Crippen molar-refractivity contribution in [3.05, 3.63) is 34.9 Å². The molecule has 1 fully saturated rings. The highest BCUT2D eigenvalue weighted by atomic mass is 35.5. The van der Waals surface area contributed by atoms with E-state index in [9.17, 15) is 9.59 Å². The van der Waals surface area contributed by atoms with Gasteiger partial charge in [0.25, 0.3) is 0 Å². The Kier molecular flexibility index (Phi) is 5.62. The molecule has 5 heteroatoms. The van der Waals surface area contributed by atoms with Crippen LogP contribution >= 0.6 is 11.6 Å². The topological polar surface area (TPSA) is 72.2 Å². The van der Waals surface area contributed by atoms with Crippen molar-refractivity contribution in [2.24, 2.45) is 11.7 Å². The second kappa shape index (κ2) is 7.46. The summed E-state index contributed by atoms with van der Waals surface area (Å²) in [6, 6.07) is 6.55. The van der Waals surface area contributed by atoms with E-state index >= 15 is 0 Å². The SMILES string of the molecule is NC(=O)[C@@H](Cc1ccccc1Cl)NC(=O)CC1CCCC1. The van der Waals surface area contributed by atoms with Gasteiger partial charge in [0.2, 0.25) is 11.8 Å². The molecule has 4 nitrogen and oxygen atoms in total. The number of nitrogens with two attached hydrogens (primary N) is 1. The van der Waals surface area contributed by atoms with Crippen LogP contribution < -0.4 is 11.1 Å². The summed E-state index contributed by atoms with van der Waals surface area (Å²) in [6.07, 6.45) is 5.38. The maximum Gasteiger partial charge on any atom is 0.240 e. The Morgan fingerprint density at radius 1 is 1.29 bits per heavy atom. The fourth-order valence-corrected chi connectivity index (χ4v) is 3.05. The Morgan fingerprint density at radius 3 is 2.57 bits per heavy atom. The predicted octanol–water partition coefficient (Wildman–Crippen LogP) is 2.43. The normalized spacial score (nSPS) is 16.6. The number of amides is 2. The summed E-state index contributed by atoms with van der Waals surface area (Å²) >= 11 is 6.08. The van der Waals surface area contributed by atoms with E-state index in [2.05, 4.69) is 5.32 Å². The summed E-state index contributed by atoms with van der Waals surface area (Å²) in [4.78, 5) is 23.6. The Balaban J connectivity index is 1.94. The van der Waals surface area contributed by atoms with Crippen LogP contribution in [0.1, 0.15) is 37.7 Å². The molecule has 1 aromatic rings. The summed E-state index contributed by atoms with van der Waals surface area (Å²) in [5.41, 5.74) is 6.20. The number of hydrogen-bond acceptors (Lipinski definition) is 2. The van der Waals surface area contributed by atoms with Gasteiger partial charge in [0.05, 0.1) is 0 Å². The number of benzene rings is 1.